The van der Waals surface area contributed by atoms with Crippen molar-refractivity contribution in [2.75, 3.05) is 20.6 Å². The summed E-state index contributed by atoms with van der Waals surface area (Å²) in [6, 6.07) is 0.668. The summed E-state index contributed by atoms with van der Waals surface area (Å²) in [5, 5.41) is 3.79. The second-order valence-electron chi connectivity index (χ2n) is 6.44. The molecule has 1 rings (SSSR count). The van der Waals surface area contributed by atoms with E-state index in [2.05, 4.69) is 45.1 Å². The molecule has 2 unspecified atom stereocenters. The maximum atomic E-state index is 3.79. The Morgan fingerprint density at radius 1 is 1.17 bits per heavy atom. The molecule has 0 bridgehead atoms. The molecule has 0 aliphatic heterocycles. The Morgan fingerprint density at radius 2 is 1.78 bits per heavy atom. The molecule has 0 aromatic heterocycles. The third-order valence-electron chi connectivity index (χ3n) is 4.88. The van der Waals surface area contributed by atoms with Crippen molar-refractivity contribution in [3.8, 4) is 0 Å². The molecule has 0 spiro atoms. The van der Waals surface area contributed by atoms with Gasteiger partial charge >= 0.3 is 0 Å². The fourth-order valence-electron chi connectivity index (χ4n) is 3.85. The van der Waals surface area contributed by atoms with Crippen molar-refractivity contribution in [2.24, 2.45) is 5.92 Å². The molecule has 18 heavy (non-hydrogen) atoms. The molecule has 0 aromatic rings. The molecule has 0 heterocycles. The van der Waals surface area contributed by atoms with Crippen LogP contribution >= 0.6 is 0 Å². The largest absolute Gasteiger partial charge is 0.312 e. The zero-order valence-corrected chi connectivity index (χ0v) is 13.3. The summed E-state index contributed by atoms with van der Waals surface area (Å²) in [5.74, 6) is 0.844. The molecule has 1 fully saturated rings. The Bertz CT molecular complexity index is 219. The third kappa shape index (κ3) is 3.71. The van der Waals surface area contributed by atoms with Crippen LogP contribution in [0.15, 0.2) is 0 Å². The number of nitrogens with one attached hydrogen (secondary N) is 1. The van der Waals surface area contributed by atoms with E-state index in [1.54, 1.807) is 0 Å². The number of hydrogen-bond donors (Lipinski definition) is 1. The van der Waals surface area contributed by atoms with Crippen LogP contribution in [0.2, 0.25) is 0 Å². The van der Waals surface area contributed by atoms with Gasteiger partial charge in [0.1, 0.15) is 0 Å². The lowest BCUT2D eigenvalue weighted by Crippen LogP contribution is -2.58. The van der Waals surface area contributed by atoms with Gasteiger partial charge in [0.25, 0.3) is 0 Å². The lowest BCUT2D eigenvalue weighted by molar-refractivity contribution is 0.0920. The van der Waals surface area contributed by atoms with Gasteiger partial charge in [-0.05, 0) is 45.8 Å². The quantitative estimate of drug-likeness (QED) is 0.711. The van der Waals surface area contributed by atoms with Gasteiger partial charge in [0.15, 0.2) is 0 Å². The Morgan fingerprint density at radius 3 is 2.22 bits per heavy atom. The van der Waals surface area contributed by atoms with E-state index >= 15 is 0 Å². The van der Waals surface area contributed by atoms with Crippen molar-refractivity contribution in [3.05, 3.63) is 0 Å². The highest BCUT2D eigenvalue weighted by atomic mass is 15.2. The molecule has 108 valence electrons. The molecule has 0 amide bonds. The van der Waals surface area contributed by atoms with Gasteiger partial charge in [0, 0.05) is 11.6 Å². The summed E-state index contributed by atoms with van der Waals surface area (Å²) in [4.78, 5) is 2.51. The third-order valence-corrected chi connectivity index (χ3v) is 4.88. The summed E-state index contributed by atoms with van der Waals surface area (Å²) >= 11 is 0. The van der Waals surface area contributed by atoms with E-state index in [1.807, 2.05) is 0 Å². The number of rotatable bonds is 8. The maximum Gasteiger partial charge on any atom is 0.0356 e. The van der Waals surface area contributed by atoms with Gasteiger partial charge in [0.05, 0.1) is 0 Å². The second-order valence-corrected chi connectivity index (χ2v) is 6.44. The van der Waals surface area contributed by atoms with Gasteiger partial charge in [-0.25, -0.2) is 0 Å². The van der Waals surface area contributed by atoms with Crippen molar-refractivity contribution in [2.45, 2.75) is 77.3 Å². The lowest BCUT2D eigenvalue weighted by Gasteiger charge is -2.44. The first-order chi connectivity index (χ1) is 8.56. The minimum absolute atomic E-state index is 0.415. The molecule has 1 aliphatic carbocycles. The van der Waals surface area contributed by atoms with E-state index in [9.17, 15) is 0 Å². The molecule has 0 saturated heterocycles. The zero-order valence-electron chi connectivity index (χ0n) is 13.3. The van der Waals surface area contributed by atoms with Crippen molar-refractivity contribution >= 4 is 0 Å². The highest BCUT2D eigenvalue weighted by molar-refractivity contribution is 5.02. The SMILES string of the molecule is CCCC(C)CC(NCC)C1(N(C)C)CCCC1. The van der Waals surface area contributed by atoms with E-state index in [0.717, 1.165) is 12.5 Å². The van der Waals surface area contributed by atoms with Crippen LogP contribution in [0.25, 0.3) is 0 Å². The molecule has 1 saturated carbocycles. The van der Waals surface area contributed by atoms with Crippen LogP contribution < -0.4 is 5.32 Å². The standard InChI is InChI=1S/C16H34N2/c1-6-10-14(3)13-15(17-7-2)16(18(4)5)11-8-9-12-16/h14-15,17H,6-13H2,1-5H3. The molecule has 2 nitrogen and oxygen atoms in total. The molecule has 2 atom stereocenters. The normalized spacial score (nSPS) is 22.3. The Kier molecular flexibility index (Phi) is 6.65. The molecular formula is C16H34N2. The maximum absolute atomic E-state index is 3.79. The van der Waals surface area contributed by atoms with E-state index in [-0.39, 0.29) is 0 Å². The van der Waals surface area contributed by atoms with Crippen LogP contribution in [0.5, 0.6) is 0 Å². The number of likely N-dealkylation sites (N-methyl/N-ethyl adjacent to an activating group) is 2. The molecule has 0 radical (unpaired) electrons. The summed E-state index contributed by atoms with van der Waals surface area (Å²) < 4.78 is 0. The minimum Gasteiger partial charge on any atom is -0.312 e. The summed E-state index contributed by atoms with van der Waals surface area (Å²) in [6.45, 7) is 8.07. The predicted octanol–water partition coefficient (Wildman–Crippen LogP) is 3.67. The topological polar surface area (TPSA) is 15.3 Å². The fourth-order valence-corrected chi connectivity index (χ4v) is 3.85. The Labute approximate surface area is 115 Å². The highest BCUT2D eigenvalue weighted by Crippen LogP contribution is 2.39. The fraction of sp³-hybridized carbons (Fsp3) is 1.00. The number of hydrogen-bond acceptors (Lipinski definition) is 2. The van der Waals surface area contributed by atoms with Crippen molar-refractivity contribution in [1.82, 2.24) is 10.2 Å². The minimum atomic E-state index is 0.415. The van der Waals surface area contributed by atoms with Crippen LogP contribution in [0.4, 0.5) is 0 Å². The number of nitrogens with zero attached hydrogens (tertiary/aromatic N) is 1. The van der Waals surface area contributed by atoms with Crippen LogP contribution in [-0.4, -0.2) is 37.1 Å². The first-order valence-electron chi connectivity index (χ1n) is 7.97. The molecule has 1 aliphatic rings. The van der Waals surface area contributed by atoms with Crippen molar-refractivity contribution in [1.29, 1.82) is 0 Å². The van der Waals surface area contributed by atoms with Gasteiger partial charge < -0.3 is 10.2 Å². The monoisotopic (exact) mass is 254 g/mol. The van der Waals surface area contributed by atoms with Gasteiger partial charge in [-0.3, -0.25) is 0 Å². The lowest BCUT2D eigenvalue weighted by atomic mass is 9.81. The summed E-state index contributed by atoms with van der Waals surface area (Å²) in [6.07, 6.45) is 9.57. The molecule has 0 aromatic carbocycles. The predicted molar refractivity (Wildman–Crippen MR) is 81.0 cm³/mol. The highest BCUT2D eigenvalue weighted by Gasteiger charge is 2.42. The van der Waals surface area contributed by atoms with E-state index < -0.39 is 0 Å². The van der Waals surface area contributed by atoms with Crippen LogP contribution in [0, 0.1) is 5.92 Å². The summed E-state index contributed by atoms with van der Waals surface area (Å²) in [7, 11) is 4.56. The zero-order chi connectivity index (χ0) is 13.6. The molecular weight excluding hydrogens is 220 g/mol. The van der Waals surface area contributed by atoms with Crippen LogP contribution in [0.1, 0.15) is 65.7 Å². The van der Waals surface area contributed by atoms with E-state index in [4.69, 9.17) is 0 Å². The van der Waals surface area contributed by atoms with Crippen molar-refractivity contribution in [3.63, 3.8) is 0 Å². The van der Waals surface area contributed by atoms with E-state index in [1.165, 1.54) is 44.9 Å². The summed E-state index contributed by atoms with van der Waals surface area (Å²) in [5.41, 5.74) is 0.415. The van der Waals surface area contributed by atoms with Crippen LogP contribution in [-0.2, 0) is 0 Å². The average Bonchev–Trinajstić information content (AvgIpc) is 2.79. The first kappa shape index (κ1) is 16.0. The Hall–Kier alpha value is -0.0800. The molecule has 1 N–H and O–H groups in total. The Balaban J connectivity index is 2.74. The smallest absolute Gasteiger partial charge is 0.0356 e. The van der Waals surface area contributed by atoms with Gasteiger partial charge in [-0.1, -0.05) is 46.5 Å². The first-order valence-corrected chi connectivity index (χ1v) is 7.97. The van der Waals surface area contributed by atoms with Crippen molar-refractivity contribution < 1.29 is 0 Å². The molecule has 2 heteroatoms. The van der Waals surface area contributed by atoms with Gasteiger partial charge in [-0.2, -0.15) is 0 Å². The van der Waals surface area contributed by atoms with Crippen LogP contribution in [0.3, 0.4) is 0 Å². The van der Waals surface area contributed by atoms with Gasteiger partial charge in [0.2, 0.25) is 0 Å². The average molecular weight is 254 g/mol. The van der Waals surface area contributed by atoms with Gasteiger partial charge in [-0.15, -0.1) is 0 Å². The van der Waals surface area contributed by atoms with E-state index in [0.29, 0.717) is 11.6 Å². The second kappa shape index (κ2) is 7.49.